The maximum atomic E-state index is 13.6. The molecule has 0 spiro atoms. The fraction of sp³-hybridized carbons (Fsp3) is 0.417. The van der Waals surface area contributed by atoms with Crippen LogP contribution in [0.4, 0.5) is 5.69 Å². The summed E-state index contributed by atoms with van der Waals surface area (Å²) in [4.78, 5) is 28.0. The molecule has 0 saturated carbocycles. The summed E-state index contributed by atoms with van der Waals surface area (Å²) in [5.41, 5.74) is 2.30. The van der Waals surface area contributed by atoms with Crippen LogP contribution in [0.25, 0.3) is 0 Å². The van der Waals surface area contributed by atoms with E-state index in [9.17, 15) is 18.0 Å². The van der Waals surface area contributed by atoms with Crippen LogP contribution in [0.15, 0.2) is 53.0 Å². The number of para-hydroxylation sites is 1. The lowest BCUT2D eigenvalue weighted by atomic mass is 10.1. The first kappa shape index (κ1) is 26.9. The molecule has 0 saturated heterocycles. The van der Waals surface area contributed by atoms with E-state index in [-0.39, 0.29) is 18.5 Å². The van der Waals surface area contributed by atoms with Crippen LogP contribution in [0.3, 0.4) is 0 Å². The number of hydrogen-bond acceptors (Lipinski definition) is 4. The summed E-state index contributed by atoms with van der Waals surface area (Å²) in [5, 5.41) is 2.88. The Kier molecular flexibility index (Phi) is 9.48. The number of aryl methyl sites for hydroxylation is 1. The first-order valence-electron chi connectivity index (χ1n) is 10.8. The molecule has 0 aliphatic heterocycles. The number of halogens is 1. The van der Waals surface area contributed by atoms with E-state index < -0.39 is 28.5 Å². The van der Waals surface area contributed by atoms with Crippen molar-refractivity contribution < 1.29 is 18.0 Å². The Bertz CT molecular complexity index is 1070. The second-order valence-electron chi connectivity index (χ2n) is 8.32. The van der Waals surface area contributed by atoms with E-state index in [4.69, 9.17) is 0 Å². The fourth-order valence-corrected chi connectivity index (χ4v) is 4.92. The van der Waals surface area contributed by atoms with Crippen LogP contribution in [0, 0.1) is 6.92 Å². The number of nitrogens with one attached hydrogen (secondary N) is 1. The molecule has 2 amide bonds. The fourth-order valence-electron chi connectivity index (χ4n) is 3.44. The van der Waals surface area contributed by atoms with E-state index in [0.717, 1.165) is 21.7 Å². The first-order valence-corrected chi connectivity index (χ1v) is 13.5. The Morgan fingerprint density at radius 1 is 1.06 bits per heavy atom. The molecular formula is C24H32BrN3O4S. The molecule has 1 N–H and O–H groups in total. The van der Waals surface area contributed by atoms with Gasteiger partial charge in [0.1, 0.15) is 12.6 Å². The largest absolute Gasteiger partial charge is 0.352 e. The molecule has 2 rings (SSSR count). The highest BCUT2D eigenvalue weighted by Crippen LogP contribution is 2.28. The van der Waals surface area contributed by atoms with Crippen molar-refractivity contribution in [3.05, 3.63) is 64.1 Å². The highest BCUT2D eigenvalue weighted by atomic mass is 79.9. The van der Waals surface area contributed by atoms with E-state index in [2.05, 4.69) is 21.2 Å². The van der Waals surface area contributed by atoms with Crippen molar-refractivity contribution in [1.29, 1.82) is 0 Å². The van der Waals surface area contributed by atoms with Crippen molar-refractivity contribution in [3.8, 4) is 0 Å². The van der Waals surface area contributed by atoms with Crippen LogP contribution in [0.2, 0.25) is 0 Å². The van der Waals surface area contributed by atoms with Crippen molar-refractivity contribution >= 4 is 43.5 Å². The SMILES string of the molecule is CCC(C(=O)NC(C)C)N(Cc1ccc(C)cc1)C(=O)CN(c1ccccc1Br)S(C)(=O)=O. The number of carbonyl (C=O) groups excluding carboxylic acids is 2. The third kappa shape index (κ3) is 7.57. The molecule has 9 heteroatoms. The number of nitrogens with zero attached hydrogens (tertiary/aromatic N) is 2. The van der Waals surface area contributed by atoms with Crippen molar-refractivity contribution in [2.45, 2.75) is 52.7 Å². The standard InChI is InChI=1S/C24H32BrN3O4S/c1-6-21(24(30)26-17(2)3)27(15-19-13-11-18(4)12-14-19)23(29)16-28(33(5,31)32)22-10-8-7-9-20(22)25/h7-14,17,21H,6,15-16H2,1-5H3,(H,26,30). The van der Waals surface area contributed by atoms with Crippen molar-refractivity contribution in [2.75, 3.05) is 17.1 Å². The molecule has 7 nitrogen and oxygen atoms in total. The topological polar surface area (TPSA) is 86.8 Å². The molecule has 2 aromatic carbocycles. The van der Waals surface area contributed by atoms with Gasteiger partial charge in [0.05, 0.1) is 11.9 Å². The van der Waals surface area contributed by atoms with Crippen LogP contribution in [-0.4, -0.2) is 50.0 Å². The van der Waals surface area contributed by atoms with Gasteiger partial charge in [0.2, 0.25) is 21.8 Å². The van der Waals surface area contributed by atoms with Crippen LogP contribution in [0.1, 0.15) is 38.3 Å². The van der Waals surface area contributed by atoms with Crippen LogP contribution in [-0.2, 0) is 26.2 Å². The Morgan fingerprint density at radius 2 is 1.67 bits per heavy atom. The highest BCUT2D eigenvalue weighted by Gasteiger charge is 2.32. The minimum atomic E-state index is -3.76. The predicted octanol–water partition coefficient (Wildman–Crippen LogP) is 3.86. The summed E-state index contributed by atoms with van der Waals surface area (Å²) < 4.78 is 26.8. The smallest absolute Gasteiger partial charge is 0.244 e. The van der Waals surface area contributed by atoms with E-state index in [1.54, 1.807) is 24.3 Å². The molecule has 180 valence electrons. The second-order valence-corrected chi connectivity index (χ2v) is 11.1. The van der Waals surface area contributed by atoms with Gasteiger partial charge < -0.3 is 10.2 Å². The normalized spacial score (nSPS) is 12.3. The highest BCUT2D eigenvalue weighted by molar-refractivity contribution is 9.10. The van der Waals surface area contributed by atoms with Gasteiger partial charge in [-0.3, -0.25) is 13.9 Å². The van der Waals surface area contributed by atoms with Crippen LogP contribution >= 0.6 is 15.9 Å². The van der Waals surface area contributed by atoms with Crippen molar-refractivity contribution in [3.63, 3.8) is 0 Å². The van der Waals surface area contributed by atoms with Gasteiger partial charge in [-0.25, -0.2) is 8.42 Å². The molecule has 0 fully saturated rings. The minimum absolute atomic E-state index is 0.0873. The van der Waals surface area contributed by atoms with Gasteiger partial charge in [-0.2, -0.15) is 0 Å². The molecule has 1 atom stereocenters. The molecule has 2 aromatic rings. The molecule has 33 heavy (non-hydrogen) atoms. The van der Waals surface area contributed by atoms with Gasteiger partial charge in [0.25, 0.3) is 0 Å². The molecule has 0 bridgehead atoms. The average Bonchev–Trinajstić information content (AvgIpc) is 2.72. The summed E-state index contributed by atoms with van der Waals surface area (Å²) >= 11 is 3.37. The van der Waals surface area contributed by atoms with Gasteiger partial charge in [0, 0.05) is 17.1 Å². The lowest BCUT2D eigenvalue weighted by Gasteiger charge is -2.33. The zero-order valence-corrected chi connectivity index (χ0v) is 22.1. The Hall–Kier alpha value is -2.39. The number of sulfonamides is 1. The van der Waals surface area contributed by atoms with Gasteiger partial charge >= 0.3 is 0 Å². The van der Waals surface area contributed by atoms with E-state index in [0.29, 0.717) is 16.6 Å². The third-order valence-electron chi connectivity index (χ3n) is 5.09. The number of carbonyl (C=O) groups is 2. The summed E-state index contributed by atoms with van der Waals surface area (Å²) in [6.45, 7) is 7.29. The summed E-state index contributed by atoms with van der Waals surface area (Å²) in [6.07, 6.45) is 1.46. The average molecular weight is 539 g/mol. The second kappa shape index (κ2) is 11.7. The summed E-state index contributed by atoms with van der Waals surface area (Å²) in [6, 6.07) is 13.7. The quantitative estimate of drug-likeness (QED) is 0.498. The maximum absolute atomic E-state index is 13.6. The lowest BCUT2D eigenvalue weighted by Crippen LogP contribution is -2.53. The molecule has 0 aromatic heterocycles. The number of anilines is 1. The molecule has 0 aliphatic carbocycles. The zero-order chi connectivity index (χ0) is 24.8. The Labute approximate surface area is 205 Å². The number of benzene rings is 2. The minimum Gasteiger partial charge on any atom is -0.352 e. The monoisotopic (exact) mass is 537 g/mol. The molecule has 0 radical (unpaired) electrons. The predicted molar refractivity (Wildman–Crippen MR) is 135 cm³/mol. The lowest BCUT2D eigenvalue weighted by molar-refractivity contribution is -0.140. The van der Waals surface area contributed by atoms with Gasteiger partial charge in [-0.15, -0.1) is 0 Å². The summed E-state index contributed by atoms with van der Waals surface area (Å²) in [7, 11) is -3.76. The zero-order valence-electron chi connectivity index (χ0n) is 19.7. The number of rotatable bonds is 10. The van der Waals surface area contributed by atoms with Gasteiger partial charge in [-0.05, 0) is 60.8 Å². The van der Waals surface area contributed by atoms with E-state index in [1.165, 1.54) is 4.90 Å². The van der Waals surface area contributed by atoms with Crippen LogP contribution in [0.5, 0.6) is 0 Å². The molecule has 1 unspecified atom stereocenters. The number of amides is 2. The third-order valence-corrected chi connectivity index (χ3v) is 6.89. The van der Waals surface area contributed by atoms with Crippen LogP contribution < -0.4 is 9.62 Å². The van der Waals surface area contributed by atoms with E-state index >= 15 is 0 Å². The van der Waals surface area contributed by atoms with Gasteiger partial charge in [0.15, 0.2) is 0 Å². The maximum Gasteiger partial charge on any atom is 0.244 e. The number of hydrogen-bond donors (Lipinski definition) is 1. The Balaban J connectivity index is 2.44. The first-order chi connectivity index (χ1) is 15.4. The van der Waals surface area contributed by atoms with Gasteiger partial charge in [-0.1, -0.05) is 48.9 Å². The summed E-state index contributed by atoms with van der Waals surface area (Å²) in [5.74, 6) is -0.720. The Morgan fingerprint density at radius 3 is 2.18 bits per heavy atom. The van der Waals surface area contributed by atoms with E-state index in [1.807, 2.05) is 52.0 Å². The van der Waals surface area contributed by atoms with Crippen molar-refractivity contribution in [2.24, 2.45) is 0 Å². The molecular weight excluding hydrogens is 506 g/mol. The molecule has 0 aliphatic rings. The van der Waals surface area contributed by atoms with Crippen molar-refractivity contribution in [1.82, 2.24) is 10.2 Å². The molecule has 0 heterocycles.